The topological polar surface area (TPSA) is 53.2 Å². The Morgan fingerprint density at radius 1 is 1.08 bits per heavy atom. The van der Waals surface area contributed by atoms with E-state index in [0.717, 1.165) is 10.1 Å². The van der Waals surface area contributed by atoms with Gasteiger partial charge in [0.05, 0.1) is 34.2 Å². The summed E-state index contributed by atoms with van der Waals surface area (Å²) in [5, 5.41) is 0.575. The molecule has 0 saturated heterocycles. The summed E-state index contributed by atoms with van der Waals surface area (Å²) in [7, 11) is 0. The molecule has 3 rings (SSSR count). The fourth-order valence-electron chi connectivity index (χ4n) is 2.53. The molecule has 0 atom stereocenters. The highest BCUT2D eigenvalue weighted by atomic mass is 35.5. The first-order valence-electron chi connectivity index (χ1n) is 7.34. The highest BCUT2D eigenvalue weighted by Gasteiger charge is 2.21. The number of imidazole rings is 1. The molecule has 3 aromatic rings. The van der Waals surface area contributed by atoms with Gasteiger partial charge in [-0.1, -0.05) is 53.5 Å². The number of hydrogen-bond acceptors (Lipinski definition) is 3. The number of carbonyl (C=O) groups is 1. The smallest absolute Gasteiger partial charge is 0.422 e. The minimum atomic E-state index is -0.738. The number of ether oxygens (including phenoxy) is 1. The molecule has 1 heterocycles. The summed E-state index contributed by atoms with van der Waals surface area (Å²) in [4.78, 5) is 25.0. The SMILES string of the molecule is CCOC(=O)n1c(=O)n(Cc2ccccc2)c2cc(Cl)c(Cl)cc21. The van der Waals surface area contributed by atoms with Gasteiger partial charge in [-0.15, -0.1) is 0 Å². The van der Waals surface area contributed by atoms with E-state index in [0.29, 0.717) is 22.6 Å². The third kappa shape index (κ3) is 2.92. The van der Waals surface area contributed by atoms with E-state index in [1.165, 1.54) is 10.6 Å². The Kier molecular flexibility index (Phi) is 4.64. The van der Waals surface area contributed by atoms with Gasteiger partial charge in [0.25, 0.3) is 0 Å². The van der Waals surface area contributed by atoms with Crippen LogP contribution in [-0.2, 0) is 11.3 Å². The summed E-state index contributed by atoms with van der Waals surface area (Å²) in [6.07, 6.45) is -0.738. The number of carbonyl (C=O) groups excluding carboxylic acids is 1. The van der Waals surface area contributed by atoms with Crippen LogP contribution < -0.4 is 5.69 Å². The Hall–Kier alpha value is -2.24. The second-order valence-electron chi connectivity index (χ2n) is 5.14. The van der Waals surface area contributed by atoms with Crippen molar-refractivity contribution in [1.29, 1.82) is 0 Å². The van der Waals surface area contributed by atoms with Crippen LogP contribution in [0.5, 0.6) is 0 Å². The minimum absolute atomic E-state index is 0.165. The zero-order valence-corrected chi connectivity index (χ0v) is 14.3. The Balaban J connectivity index is 2.25. The van der Waals surface area contributed by atoms with Gasteiger partial charge < -0.3 is 4.74 Å². The molecule has 0 amide bonds. The van der Waals surface area contributed by atoms with E-state index < -0.39 is 11.8 Å². The van der Waals surface area contributed by atoms with Crippen LogP contribution in [0.1, 0.15) is 12.5 Å². The Morgan fingerprint density at radius 3 is 2.33 bits per heavy atom. The number of fused-ring (bicyclic) bond motifs is 1. The predicted octanol–water partition coefficient (Wildman–Crippen LogP) is 4.16. The highest BCUT2D eigenvalue weighted by Crippen LogP contribution is 2.28. The monoisotopic (exact) mass is 364 g/mol. The zero-order chi connectivity index (χ0) is 17.3. The van der Waals surface area contributed by atoms with Crippen molar-refractivity contribution in [3.05, 3.63) is 68.6 Å². The standard InChI is InChI=1S/C17H14Cl2N2O3/c1-2-24-17(23)21-15-9-13(19)12(18)8-14(15)20(16(21)22)10-11-6-4-3-5-7-11/h3-9H,2,10H2,1H3. The van der Waals surface area contributed by atoms with Crippen LogP contribution in [0.25, 0.3) is 11.0 Å². The van der Waals surface area contributed by atoms with Crippen LogP contribution in [0.3, 0.4) is 0 Å². The molecule has 0 aliphatic heterocycles. The molecule has 0 saturated carbocycles. The van der Waals surface area contributed by atoms with Crippen molar-refractivity contribution < 1.29 is 9.53 Å². The van der Waals surface area contributed by atoms with Crippen molar-refractivity contribution in [2.45, 2.75) is 13.5 Å². The van der Waals surface area contributed by atoms with Crippen LogP contribution >= 0.6 is 23.2 Å². The molecule has 1 aromatic heterocycles. The molecule has 24 heavy (non-hydrogen) atoms. The van der Waals surface area contributed by atoms with Crippen molar-refractivity contribution >= 4 is 40.3 Å². The normalized spacial score (nSPS) is 11.0. The second-order valence-corrected chi connectivity index (χ2v) is 5.96. The molecule has 0 fully saturated rings. The number of aromatic nitrogens is 2. The molecule has 2 aromatic carbocycles. The molecule has 0 aliphatic rings. The van der Waals surface area contributed by atoms with E-state index >= 15 is 0 Å². The fraction of sp³-hybridized carbons (Fsp3) is 0.176. The van der Waals surface area contributed by atoms with Crippen molar-refractivity contribution in [1.82, 2.24) is 9.13 Å². The Labute approximate surface area is 148 Å². The van der Waals surface area contributed by atoms with Gasteiger partial charge in [-0.2, -0.15) is 4.57 Å². The summed E-state index contributed by atoms with van der Waals surface area (Å²) in [6, 6.07) is 12.5. The summed E-state index contributed by atoms with van der Waals surface area (Å²) in [5.74, 6) is 0. The first kappa shape index (κ1) is 16.6. The summed E-state index contributed by atoms with van der Waals surface area (Å²) >= 11 is 12.1. The zero-order valence-electron chi connectivity index (χ0n) is 12.8. The summed E-state index contributed by atoms with van der Waals surface area (Å²) in [5.41, 5.74) is 1.31. The van der Waals surface area contributed by atoms with Gasteiger partial charge in [-0.3, -0.25) is 4.57 Å². The van der Waals surface area contributed by atoms with E-state index in [1.54, 1.807) is 13.0 Å². The maximum absolute atomic E-state index is 12.8. The lowest BCUT2D eigenvalue weighted by Crippen LogP contribution is -2.30. The summed E-state index contributed by atoms with van der Waals surface area (Å²) < 4.78 is 7.44. The maximum Gasteiger partial charge on any atom is 0.422 e. The second kappa shape index (κ2) is 6.71. The van der Waals surface area contributed by atoms with E-state index in [1.807, 2.05) is 30.3 Å². The molecule has 7 heteroatoms. The Morgan fingerprint density at radius 2 is 1.71 bits per heavy atom. The van der Waals surface area contributed by atoms with Crippen molar-refractivity contribution in [3.63, 3.8) is 0 Å². The van der Waals surface area contributed by atoms with Gasteiger partial charge in [-0.25, -0.2) is 9.59 Å². The van der Waals surface area contributed by atoms with Gasteiger partial charge >= 0.3 is 11.8 Å². The predicted molar refractivity (Wildman–Crippen MR) is 94.2 cm³/mol. The lowest BCUT2D eigenvalue weighted by Gasteiger charge is -2.04. The Bertz CT molecular complexity index is 961. The van der Waals surface area contributed by atoms with Crippen LogP contribution in [0.2, 0.25) is 10.0 Å². The van der Waals surface area contributed by atoms with Gasteiger partial charge in [0, 0.05) is 0 Å². The molecule has 5 nitrogen and oxygen atoms in total. The molecule has 0 unspecified atom stereocenters. The maximum atomic E-state index is 12.8. The van der Waals surface area contributed by atoms with Gasteiger partial charge in [0.1, 0.15) is 0 Å². The van der Waals surface area contributed by atoms with E-state index in [-0.39, 0.29) is 11.6 Å². The highest BCUT2D eigenvalue weighted by molar-refractivity contribution is 6.42. The van der Waals surface area contributed by atoms with Crippen molar-refractivity contribution in [2.24, 2.45) is 0 Å². The molecule has 124 valence electrons. The third-order valence-corrected chi connectivity index (χ3v) is 4.33. The first-order chi connectivity index (χ1) is 11.5. The number of halogens is 2. The lowest BCUT2D eigenvalue weighted by atomic mass is 10.2. The van der Waals surface area contributed by atoms with Crippen LogP contribution in [0.15, 0.2) is 47.3 Å². The van der Waals surface area contributed by atoms with Crippen LogP contribution in [-0.4, -0.2) is 21.8 Å². The molecule has 0 bridgehead atoms. The summed E-state index contributed by atoms with van der Waals surface area (Å²) in [6.45, 7) is 2.15. The number of rotatable bonds is 3. The fourth-order valence-corrected chi connectivity index (χ4v) is 2.85. The van der Waals surface area contributed by atoms with E-state index in [9.17, 15) is 9.59 Å². The molecule has 0 radical (unpaired) electrons. The third-order valence-electron chi connectivity index (χ3n) is 3.61. The molecule has 0 spiro atoms. The first-order valence-corrected chi connectivity index (χ1v) is 8.10. The lowest BCUT2D eigenvalue weighted by molar-refractivity contribution is 0.154. The number of nitrogens with zero attached hydrogens (tertiary/aromatic N) is 2. The average molecular weight is 365 g/mol. The molecule has 0 N–H and O–H groups in total. The van der Waals surface area contributed by atoms with E-state index in [4.69, 9.17) is 27.9 Å². The van der Waals surface area contributed by atoms with Gasteiger partial charge in [0.2, 0.25) is 0 Å². The van der Waals surface area contributed by atoms with Crippen LogP contribution in [0.4, 0.5) is 4.79 Å². The largest absolute Gasteiger partial charge is 0.449 e. The van der Waals surface area contributed by atoms with Gasteiger partial charge in [-0.05, 0) is 24.6 Å². The van der Waals surface area contributed by atoms with Crippen molar-refractivity contribution in [3.8, 4) is 0 Å². The molecular formula is C17H14Cl2N2O3. The number of benzene rings is 2. The molecular weight excluding hydrogens is 351 g/mol. The van der Waals surface area contributed by atoms with Gasteiger partial charge in [0.15, 0.2) is 0 Å². The van der Waals surface area contributed by atoms with E-state index in [2.05, 4.69) is 0 Å². The average Bonchev–Trinajstić information content (AvgIpc) is 2.81. The minimum Gasteiger partial charge on any atom is -0.449 e. The van der Waals surface area contributed by atoms with Crippen LogP contribution in [0, 0.1) is 0 Å². The molecule has 0 aliphatic carbocycles. The quantitative estimate of drug-likeness (QED) is 0.700. The van der Waals surface area contributed by atoms with Crippen molar-refractivity contribution in [2.75, 3.05) is 6.61 Å². The number of hydrogen-bond donors (Lipinski definition) is 0.